The molecule has 1 saturated carbocycles. The van der Waals surface area contributed by atoms with Crippen molar-refractivity contribution >= 4 is 5.78 Å². The summed E-state index contributed by atoms with van der Waals surface area (Å²) in [6.07, 6.45) is 4.44. The van der Waals surface area contributed by atoms with Crippen LogP contribution in [-0.2, 0) is 0 Å². The maximum Gasteiger partial charge on any atom is 0.170 e. The van der Waals surface area contributed by atoms with Crippen molar-refractivity contribution in [2.75, 3.05) is 0 Å². The maximum absolute atomic E-state index is 13.2. The van der Waals surface area contributed by atoms with Gasteiger partial charge >= 0.3 is 0 Å². The van der Waals surface area contributed by atoms with Crippen LogP contribution >= 0.6 is 0 Å². The first-order valence-electron chi connectivity index (χ1n) is 6.91. The Morgan fingerprint density at radius 1 is 1.26 bits per heavy atom. The Morgan fingerprint density at radius 2 is 2.05 bits per heavy atom. The van der Waals surface area contributed by atoms with E-state index in [0.717, 1.165) is 19.3 Å². The number of ketones is 1. The molecule has 3 heteroatoms. The Morgan fingerprint density at radius 3 is 2.79 bits per heavy atom. The SMILES string of the molecule is CC1(C)CCCC2(CC(=O)c3cc(F)ccc3O2)C1. The molecular weight excluding hydrogens is 243 g/mol. The van der Waals surface area contributed by atoms with Crippen molar-refractivity contribution in [3.63, 3.8) is 0 Å². The van der Waals surface area contributed by atoms with Crippen molar-refractivity contribution in [2.24, 2.45) is 5.41 Å². The van der Waals surface area contributed by atoms with Crippen LogP contribution in [0.4, 0.5) is 4.39 Å². The fourth-order valence-electron chi connectivity index (χ4n) is 3.64. The molecular formula is C16H19FO2. The molecule has 1 atom stereocenters. The maximum atomic E-state index is 13.2. The van der Waals surface area contributed by atoms with Gasteiger partial charge in [0.1, 0.15) is 17.2 Å². The molecule has 1 aromatic rings. The van der Waals surface area contributed by atoms with Crippen LogP contribution in [0, 0.1) is 11.2 Å². The zero-order chi connectivity index (χ0) is 13.7. The Hall–Kier alpha value is -1.38. The number of hydrogen-bond donors (Lipinski definition) is 0. The van der Waals surface area contributed by atoms with Gasteiger partial charge in [-0.25, -0.2) is 4.39 Å². The molecule has 0 radical (unpaired) electrons. The van der Waals surface area contributed by atoms with E-state index in [2.05, 4.69) is 13.8 Å². The number of Topliss-reactive ketones (excluding diaryl/α,β-unsaturated/α-hetero) is 1. The summed E-state index contributed by atoms with van der Waals surface area (Å²) < 4.78 is 19.4. The van der Waals surface area contributed by atoms with Gasteiger partial charge in [-0.05, 0) is 49.3 Å². The third-order valence-electron chi connectivity index (χ3n) is 4.34. The van der Waals surface area contributed by atoms with E-state index in [-0.39, 0.29) is 22.6 Å². The predicted molar refractivity (Wildman–Crippen MR) is 71.0 cm³/mol. The molecule has 0 saturated heterocycles. The van der Waals surface area contributed by atoms with Crippen LogP contribution in [0.3, 0.4) is 0 Å². The topological polar surface area (TPSA) is 26.3 Å². The molecule has 1 unspecified atom stereocenters. The van der Waals surface area contributed by atoms with E-state index in [1.54, 1.807) is 6.07 Å². The fraction of sp³-hybridized carbons (Fsp3) is 0.562. The lowest BCUT2D eigenvalue weighted by molar-refractivity contribution is -0.0249. The number of ether oxygens (including phenoxy) is 1. The van der Waals surface area contributed by atoms with Gasteiger partial charge in [-0.3, -0.25) is 4.79 Å². The Labute approximate surface area is 113 Å². The first kappa shape index (κ1) is 12.6. The molecule has 0 amide bonds. The van der Waals surface area contributed by atoms with Crippen molar-refractivity contribution in [3.05, 3.63) is 29.6 Å². The van der Waals surface area contributed by atoms with Crippen LogP contribution in [0.25, 0.3) is 0 Å². The van der Waals surface area contributed by atoms with Crippen molar-refractivity contribution in [2.45, 2.75) is 51.6 Å². The van der Waals surface area contributed by atoms with Gasteiger partial charge in [0.2, 0.25) is 0 Å². The van der Waals surface area contributed by atoms with Crippen molar-refractivity contribution in [3.8, 4) is 5.75 Å². The summed E-state index contributed by atoms with van der Waals surface area (Å²) >= 11 is 0. The highest BCUT2D eigenvalue weighted by Crippen LogP contribution is 2.48. The van der Waals surface area contributed by atoms with Crippen LogP contribution in [0.15, 0.2) is 18.2 Å². The lowest BCUT2D eigenvalue weighted by Gasteiger charge is -2.46. The highest BCUT2D eigenvalue weighted by molar-refractivity contribution is 6.00. The second kappa shape index (κ2) is 4.06. The van der Waals surface area contributed by atoms with E-state index in [1.165, 1.54) is 18.6 Å². The van der Waals surface area contributed by atoms with Crippen LogP contribution in [0.2, 0.25) is 0 Å². The van der Waals surface area contributed by atoms with Crippen molar-refractivity contribution in [1.29, 1.82) is 0 Å². The molecule has 2 nitrogen and oxygen atoms in total. The van der Waals surface area contributed by atoms with E-state index in [9.17, 15) is 9.18 Å². The van der Waals surface area contributed by atoms with E-state index in [0.29, 0.717) is 17.7 Å². The van der Waals surface area contributed by atoms with Gasteiger partial charge in [0.05, 0.1) is 12.0 Å². The van der Waals surface area contributed by atoms with Gasteiger partial charge in [-0.1, -0.05) is 13.8 Å². The first-order chi connectivity index (χ1) is 8.89. The lowest BCUT2D eigenvalue weighted by atomic mass is 9.67. The van der Waals surface area contributed by atoms with Gasteiger partial charge in [0.25, 0.3) is 0 Å². The first-order valence-corrected chi connectivity index (χ1v) is 6.91. The summed E-state index contributed by atoms with van der Waals surface area (Å²) in [7, 11) is 0. The van der Waals surface area contributed by atoms with Gasteiger partial charge in [0, 0.05) is 0 Å². The summed E-state index contributed by atoms with van der Waals surface area (Å²) in [6, 6.07) is 4.24. The molecule has 3 rings (SSSR count). The molecule has 1 aromatic carbocycles. The molecule has 0 aromatic heterocycles. The average Bonchev–Trinajstić information content (AvgIpc) is 2.29. The smallest absolute Gasteiger partial charge is 0.170 e. The van der Waals surface area contributed by atoms with Gasteiger partial charge in [-0.15, -0.1) is 0 Å². The third-order valence-corrected chi connectivity index (χ3v) is 4.34. The summed E-state index contributed by atoms with van der Waals surface area (Å²) in [5, 5.41) is 0. The van der Waals surface area contributed by atoms with E-state index in [4.69, 9.17) is 4.74 Å². The lowest BCUT2D eigenvalue weighted by Crippen LogP contribution is -2.47. The van der Waals surface area contributed by atoms with Crippen LogP contribution < -0.4 is 4.74 Å². The Bertz CT molecular complexity index is 536. The monoisotopic (exact) mass is 262 g/mol. The molecule has 19 heavy (non-hydrogen) atoms. The number of carbonyl (C=O) groups excluding carboxylic acids is 1. The Kier molecular flexibility index (Phi) is 2.70. The largest absolute Gasteiger partial charge is 0.486 e. The molecule has 1 fully saturated rings. The summed E-state index contributed by atoms with van der Waals surface area (Å²) in [5.41, 5.74) is 0.230. The van der Waals surface area contributed by atoms with Crippen molar-refractivity contribution < 1.29 is 13.9 Å². The summed E-state index contributed by atoms with van der Waals surface area (Å²) in [4.78, 5) is 12.3. The van der Waals surface area contributed by atoms with E-state index in [1.807, 2.05) is 0 Å². The van der Waals surface area contributed by atoms with Gasteiger partial charge in [-0.2, -0.15) is 0 Å². The zero-order valence-electron chi connectivity index (χ0n) is 11.5. The number of rotatable bonds is 0. The Balaban J connectivity index is 1.96. The van der Waals surface area contributed by atoms with Crippen LogP contribution in [-0.4, -0.2) is 11.4 Å². The highest BCUT2D eigenvalue weighted by Gasteiger charge is 2.46. The zero-order valence-corrected chi connectivity index (χ0v) is 11.5. The van der Waals surface area contributed by atoms with Crippen LogP contribution in [0.1, 0.15) is 56.3 Å². The number of benzene rings is 1. The van der Waals surface area contributed by atoms with Gasteiger partial charge < -0.3 is 4.74 Å². The molecule has 0 bridgehead atoms. The fourth-order valence-corrected chi connectivity index (χ4v) is 3.64. The predicted octanol–water partition coefficient (Wildman–Crippen LogP) is 4.13. The van der Waals surface area contributed by atoms with E-state index < -0.39 is 0 Å². The summed E-state index contributed by atoms with van der Waals surface area (Å²) in [6.45, 7) is 4.45. The normalized spacial score (nSPS) is 28.9. The van der Waals surface area contributed by atoms with E-state index >= 15 is 0 Å². The molecule has 1 aliphatic carbocycles. The molecule has 102 valence electrons. The minimum absolute atomic E-state index is 0.0125. The molecule has 0 N–H and O–H groups in total. The average molecular weight is 262 g/mol. The standard InChI is InChI=1S/C16H19FO2/c1-15(2)6-3-7-16(10-15)9-13(18)12-8-11(17)4-5-14(12)19-16/h4-5,8H,3,6-7,9-10H2,1-2H3. The second-order valence-electron chi connectivity index (χ2n) is 6.72. The van der Waals surface area contributed by atoms with Crippen molar-refractivity contribution in [1.82, 2.24) is 0 Å². The summed E-state index contributed by atoms with van der Waals surface area (Å²) in [5.74, 6) is 0.185. The molecule has 1 spiro atoms. The minimum atomic E-state index is -0.379. The second-order valence-corrected chi connectivity index (χ2v) is 6.72. The highest BCUT2D eigenvalue weighted by atomic mass is 19.1. The number of fused-ring (bicyclic) bond motifs is 1. The molecule has 1 aliphatic heterocycles. The number of halogens is 1. The number of carbonyl (C=O) groups is 1. The molecule has 1 heterocycles. The third kappa shape index (κ3) is 2.26. The minimum Gasteiger partial charge on any atom is -0.486 e. The molecule has 2 aliphatic rings. The number of hydrogen-bond acceptors (Lipinski definition) is 2. The van der Waals surface area contributed by atoms with Gasteiger partial charge in [0.15, 0.2) is 5.78 Å². The quantitative estimate of drug-likeness (QED) is 0.702. The van der Waals surface area contributed by atoms with Crippen LogP contribution in [0.5, 0.6) is 5.75 Å².